The van der Waals surface area contributed by atoms with Crippen molar-refractivity contribution in [2.24, 2.45) is 0 Å². The highest BCUT2D eigenvalue weighted by Crippen LogP contribution is 2.18. The number of nitrogens with zero attached hydrogens (tertiary/aromatic N) is 1. The summed E-state index contributed by atoms with van der Waals surface area (Å²) in [4.78, 5) is 12.1. The molecule has 0 aliphatic heterocycles. The lowest BCUT2D eigenvalue weighted by Gasteiger charge is -2.09. The fourth-order valence-electron chi connectivity index (χ4n) is 2.20. The maximum Gasteiger partial charge on any atom is 0.255 e. The van der Waals surface area contributed by atoms with Crippen LogP contribution in [0.4, 0.5) is 0 Å². The van der Waals surface area contributed by atoms with Gasteiger partial charge in [-0.25, -0.2) is 0 Å². The van der Waals surface area contributed by atoms with Crippen LogP contribution in [0.1, 0.15) is 5.56 Å². The molecular weight excluding hydrogens is 246 g/mol. The number of pyridine rings is 1. The van der Waals surface area contributed by atoms with Gasteiger partial charge in [-0.05, 0) is 36.2 Å². The second-order valence-electron chi connectivity index (χ2n) is 4.83. The molecule has 1 aromatic heterocycles. The van der Waals surface area contributed by atoms with Crippen LogP contribution in [-0.2, 0) is 0 Å². The van der Waals surface area contributed by atoms with Gasteiger partial charge >= 0.3 is 0 Å². The van der Waals surface area contributed by atoms with E-state index in [4.69, 9.17) is 0 Å². The van der Waals surface area contributed by atoms with Crippen molar-refractivity contribution in [1.82, 2.24) is 4.57 Å². The highest BCUT2D eigenvalue weighted by atomic mass is 16.1. The third kappa shape index (κ3) is 2.41. The number of benzene rings is 2. The monoisotopic (exact) mass is 261 g/mol. The second-order valence-corrected chi connectivity index (χ2v) is 4.83. The van der Waals surface area contributed by atoms with Gasteiger partial charge in [0.05, 0.1) is 0 Å². The first kappa shape index (κ1) is 12.4. The van der Waals surface area contributed by atoms with Gasteiger partial charge in [0.1, 0.15) is 0 Å². The summed E-state index contributed by atoms with van der Waals surface area (Å²) in [7, 11) is 0. The Morgan fingerprint density at radius 3 is 2.15 bits per heavy atom. The molecule has 98 valence electrons. The molecule has 1 heterocycles. The largest absolute Gasteiger partial charge is 0.284 e. The molecule has 2 heteroatoms. The van der Waals surface area contributed by atoms with Crippen molar-refractivity contribution in [2.75, 3.05) is 0 Å². The fourth-order valence-corrected chi connectivity index (χ4v) is 2.20. The van der Waals surface area contributed by atoms with E-state index in [9.17, 15) is 4.79 Å². The van der Waals surface area contributed by atoms with E-state index in [1.54, 1.807) is 10.6 Å². The van der Waals surface area contributed by atoms with Crippen molar-refractivity contribution in [3.63, 3.8) is 0 Å². The van der Waals surface area contributed by atoms with Crippen LogP contribution < -0.4 is 5.56 Å². The molecule has 0 saturated carbocycles. The molecule has 0 aliphatic rings. The van der Waals surface area contributed by atoms with Gasteiger partial charge in [-0.3, -0.25) is 9.36 Å². The minimum absolute atomic E-state index is 0.0199. The van der Waals surface area contributed by atoms with Gasteiger partial charge in [0.15, 0.2) is 0 Å². The number of aryl methyl sites for hydroxylation is 1. The van der Waals surface area contributed by atoms with Crippen molar-refractivity contribution in [1.29, 1.82) is 0 Å². The SMILES string of the molecule is Cc1ccc(-n2cc(-c3ccccc3)ccc2=O)cc1. The topological polar surface area (TPSA) is 22.0 Å². The first-order valence-corrected chi connectivity index (χ1v) is 6.59. The zero-order valence-electron chi connectivity index (χ0n) is 11.3. The van der Waals surface area contributed by atoms with Crippen LogP contribution >= 0.6 is 0 Å². The molecule has 0 N–H and O–H groups in total. The molecule has 0 radical (unpaired) electrons. The summed E-state index contributed by atoms with van der Waals surface area (Å²) in [6.07, 6.45) is 1.89. The highest BCUT2D eigenvalue weighted by molar-refractivity contribution is 5.62. The van der Waals surface area contributed by atoms with E-state index in [1.165, 1.54) is 5.56 Å². The van der Waals surface area contributed by atoms with E-state index in [2.05, 4.69) is 0 Å². The van der Waals surface area contributed by atoms with Crippen LogP contribution in [0.5, 0.6) is 0 Å². The molecule has 0 amide bonds. The molecular formula is C18H15NO. The minimum Gasteiger partial charge on any atom is -0.284 e. The summed E-state index contributed by atoms with van der Waals surface area (Å²) in [6.45, 7) is 2.03. The van der Waals surface area contributed by atoms with E-state index in [1.807, 2.05) is 73.8 Å². The van der Waals surface area contributed by atoms with Crippen molar-refractivity contribution in [2.45, 2.75) is 6.92 Å². The van der Waals surface area contributed by atoms with Gasteiger partial charge in [-0.15, -0.1) is 0 Å². The minimum atomic E-state index is -0.0199. The van der Waals surface area contributed by atoms with Crippen molar-refractivity contribution in [3.05, 3.63) is 88.8 Å². The lowest BCUT2D eigenvalue weighted by atomic mass is 10.1. The number of hydrogen-bond donors (Lipinski definition) is 0. The molecule has 0 saturated heterocycles. The average Bonchev–Trinajstić information content (AvgIpc) is 2.50. The number of aromatic nitrogens is 1. The van der Waals surface area contributed by atoms with Crippen LogP contribution in [0.25, 0.3) is 16.8 Å². The highest BCUT2D eigenvalue weighted by Gasteiger charge is 2.03. The van der Waals surface area contributed by atoms with Crippen molar-refractivity contribution in [3.8, 4) is 16.8 Å². The van der Waals surface area contributed by atoms with Gasteiger partial charge in [0, 0.05) is 18.0 Å². The average molecular weight is 261 g/mol. The van der Waals surface area contributed by atoms with Crippen LogP contribution in [0.2, 0.25) is 0 Å². The van der Waals surface area contributed by atoms with Crippen LogP contribution in [0.3, 0.4) is 0 Å². The van der Waals surface area contributed by atoms with E-state index in [-0.39, 0.29) is 5.56 Å². The van der Waals surface area contributed by atoms with E-state index in [0.29, 0.717) is 0 Å². The van der Waals surface area contributed by atoms with Gasteiger partial charge < -0.3 is 0 Å². The Balaban J connectivity index is 2.12. The summed E-state index contributed by atoms with van der Waals surface area (Å²) in [6, 6.07) is 21.5. The summed E-state index contributed by atoms with van der Waals surface area (Å²) in [5.41, 5.74) is 4.19. The van der Waals surface area contributed by atoms with Crippen molar-refractivity contribution >= 4 is 0 Å². The molecule has 2 nitrogen and oxygen atoms in total. The summed E-state index contributed by atoms with van der Waals surface area (Å²) < 4.78 is 1.68. The molecule has 3 aromatic rings. The van der Waals surface area contributed by atoms with E-state index in [0.717, 1.165) is 16.8 Å². The molecule has 20 heavy (non-hydrogen) atoms. The lowest BCUT2D eigenvalue weighted by Crippen LogP contribution is -2.16. The Hall–Kier alpha value is -2.61. The third-order valence-electron chi connectivity index (χ3n) is 3.33. The quantitative estimate of drug-likeness (QED) is 0.687. The first-order chi connectivity index (χ1) is 9.74. The second kappa shape index (κ2) is 5.17. The van der Waals surface area contributed by atoms with Crippen LogP contribution in [-0.4, -0.2) is 4.57 Å². The van der Waals surface area contributed by atoms with Gasteiger partial charge in [0.25, 0.3) is 5.56 Å². The molecule has 0 aliphatic carbocycles. The molecule has 0 bridgehead atoms. The third-order valence-corrected chi connectivity index (χ3v) is 3.33. The fraction of sp³-hybridized carbons (Fsp3) is 0.0556. The predicted octanol–water partition coefficient (Wildman–Crippen LogP) is 3.81. The van der Waals surface area contributed by atoms with Gasteiger partial charge in [0.2, 0.25) is 0 Å². The molecule has 0 atom stereocenters. The predicted molar refractivity (Wildman–Crippen MR) is 82.2 cm³/mol. The zero-order valence-corrected chi connectivity index (χ0v) is 11.3. The normalized spacial score (nSPS) is 10.4. The first-order valence-electron chi connectivity index (χ1n) is 6.59. The maximum atomic E-state index is 12.1. The molecule has 0 spiro atoms. The van der Waals surface area contributed by atoms with E-state index >= 15 is 0 Å². The van der Waals surface area contributed by atoms with Crippen molar-refractivity contribution < 1.29 is 0 Å². The number of rotatable bonds is 2. The smallest absolute Gasteiger partial charge is 0.255 e. The zero-order chi connectivity index (χ0) is 13.9. The maximum absolute atomic E-state index is 12.1. The Morgan fingerprint density at radius 2 is 1.45 bits per heavy atom. The van der Waals surface area contributed by atoms with Gasteiger partial charge in [-0.2, -0.15) is 0 Å². The Morgan fingerprint density at radius 1 is 0.750 bits per heavy atom. The lowest BCUT2D eigenvalue weighted by molar-refractivity contribution is 0.991. The summed E-state index contributed by atoms with van der Waals surface area (Å²) in [5.74, 6) is 0. The Kier molecular flexibility index (Phi) is 3.21. The molecule has 3 rings (SSSR count). The standard InChI is InChI=1S/C18H15NO/c1-14-7-10-17(11-8-14)19-13-16(9-12-18(19)20)15-5-3-2-4-6-15/h2-13H,1H3. The molecule has 0 unspecified atom stereocenters. The number of hydrogen-bond acceptors (Lipinski definition) is 1. The Labute approximate surface area is 118 Å². The van der Waals surface area contributed by atoms with Crippen LogP contribution in [0.15, 0.2) is 77.7 Å². The molecule has 2 aromatic carbocycles. The molecule has 0 fully saturated rings. The Bertz CT molecular complexity index is 771. The van der Waals surface area contributed by atoms with E-state index < -0.39 is 0 Å². The summed E-state index contributed by atoms with van der Waals surface area (Å²) >= 11 is 0. The van der Waals surface area contributed by atoms with Gasteiger partial charge in [-0.1, -0.05) is 48.0 Å². The van der Waals surface area contributed by atoms with Crippen LogP contribution in [0, 0.1) is 6.92 Å². The summed E-state index contributed by atoms with van der Waals surface area (Å²) in [5, 5.41) is 0.